The van der Waals surface area contributed by atoms with Gasteiger partial charge in [-0.3, -0.25) is 4.90 Å². The van der Waals surface area contributed by atoms with Crippen molar-refractivity contribution >= 4 is 0 Å². The van der Waals surface area contributed by atoms with Gasteiger partial charge in [-0.2, -0.15) is 30.3 Å². The van der Waals surface area contributed by atoms with E-state index in [4.69, 9.17) is 0 Å². The van der Waals surface area contributed by atoms with Gasteiger partial charge in [-0.05, 0) is 7.05 Å². The summed E-state index contributed by atoms with van der Waals surface area (Å²) in [6, 6.07) is 11.5. The second-order valence-electron chi connectivity index (χ2n) is 3.97. The SMILES string of the molecule is CC.CN1CCN(Cc2[c-]cccc2)CC1.[Rh]. The fraction of sp³-hybridized carbons (Fsp3) is 0.571. The Labute approximate surface area is 119 Å². The van der Waals surface area contributed by atoms with Crippen LogP contribution in [0.25, 0.3) is 0 Å². The molecule has 1 fully saturated rings. The maximum Gasteiger partial charge on any atom is 0.0112 e. The van der Waals surface area contributed by atoms with E-state index in [2.05, 4.69) is 35.0 Å². The van der Waals surface area contributed by atoms with E-state index in [1.165, 1.54) is 31.7 Å². The van der Waals surface area contributed by atoms with Crippen LogP contribution in [0.3, 0.4) is 0 Å². The molecule has 17 heavy (non-hydrogen) atoms. The van der Waals surface area contributed by atoms with Crippen LogP contribution in [-0.2, 0) is 26.0 Å². The van der Waals surface area contributed by atoms with Gasteiger partial charge in [-0.25, -0.2) is 0 Å². The standard InChI is InChI=1S/C12H17N2.C2H6.Rh/c1-13-7-9-14(10-8-13)11-12-5-3-2-4-6-12;1-2;/h2-5H,7-11H2,1H3;1-2H3;/q-1;;. The van der Waals surface area contributed by atoms with E-state index in [9.17, 15) is 0 Å². The number of nitrogens with zero attached hydrogens (tertiary/aromatic N) is 2. The average Bonchev–Trinajstić information content (AvgIpc) is 2.36. The van der Waals surface area contributed by atoms with Crippen molar-refractivity contribution in [1.82, 2.24) is 9.80 Å². The largest absolute Gasteiger partial charge is 0.304 e. The van der Waals surface area contributed by atoms with Crippen molar-refractivity contribution in [3.63, 3.8) is 0 Å². The summed E-state index contributed by atoms with van der Waals surface area (Å²) >= 11 is 0. The second kappa shape index (κ2) is 9.76. The zero-order chi connectivity index (χ0) is 11.8. The first kappa shape index (κ1) is 16.8. The van der Waals surface area contributed by atoms with E-state index < -0.39 is 0 Å². The van der Waals surface area contributed by atoms with Crippen molar-refractivity contribution in [2.24, 2.45) is 0 Å². The Kier molecular flexibility index (Phi) is 9.62. The summed E-state index contributed by atoms with van der Waals surface area (Å²) in [5.74, 6) is 0. The minimum absolute atomic E-state index is 0. The van der Waals surface area contributed by atoms with Crippen LogP contribution < -0.4 is 0 Å². The third kappa shape index (κ3) is 6.30. The topological polar surface area (TPSA) is 6.48 Å². The van der Waals surface area contributed by atoms with E-state index in [0.29, 0.717) is 0 Å². The van der Waals surface area contributed by atoms with Crippen molar-refractivity contribution in [2.75, 3.05) is 33.2 Å². The molecule has 1 aromatic rings. The summed E-state index contributed by atoms with van der Waals surface area (Å²) in [6.45, 7) is 9.78. The monoisotopic (exact) mass is 322 g/mol. The molecule has 1 aliphatic heterocycles. The van der Waals surface area contributed by atoms with Crippen LogP contribution in [0.2, 0.25) is 0 Å². The minimum atomic E-state index is 0. The smallest absolute Gasteiger partial charge is 0.0112 e. The van der Waals surface area contributed by atoms with Gasteiger partial charge in [-0.15, -0.1) is 5.56 Å². The molecule has 0 aliphatic carbocycles. The van der Waals surface area contributed by atoms with Gasteiger partial charge >= 0.3 is 0 Å². The molecule has 0 N–H and O–H groups in total. The van der Waals surface area contributed by atoms with Gasteiger partial charge in [0.15, 0.2) is 0 Å². The normalized spacial score (nSPS) is 16.6. The number of rotatable bonds is 2. The summed E-state index contributed by atoms with van der Waals surface area (Å²) < 4.78 is 0. The van der Waals surface area contributed by atoms with Crippen LogP contribution in [0.4, 0.5) is 0 Å². The Balaban J connectivity index is 0.000000811. The molecule has 0 bridgehead atoms. The summed E-state index contributed by atoms with van der Waals surface area (Å²) in [7, 11) is 2.19. The minimum Gasteiger partial charge on any atom is -0.304 e. The molecule has 1 radical (unpaired) electrons. The van der Waals surface area contributed by atoms with Crippen LogP contribution in [0, 0.1) is 6.07 Å². The number of benzene rings is 1. The van der Waals surface area contributed by atoms with Gasteiger partial charge in [-0.1, -0.05) is 13.8 Å². The van der Waals surface area contributed by atoms with Crippen molar-refractivity contribution in [3.05, 3.63) is 35.9 Å². The average molecular weight is 322 g/mol. The molecule has 2 rings (SSSR count). The molecule has 0 unspecified atom stereocenters. The van der Waals surface area contributed by atoms with Crippen molar-refractivity contribution < 1.29 is 19.5 Å². The maximum absolute atomic E-state index is 3.27. The Morgan fingerprint density at radius 3 is 2.29 bits per heavy atom. The van der Waals surface area contributed by atoms with Crippen molar-refractivity contribution in [2.45, 2.75) is 20.4 Å². The molecule has 99 valence electrons. The fourth-order valence-corrected chi connectivity index (χ4v) is 1.78. The predicted octanol–water partition coefficient (Wildman–Crippen LogP) is 2.26. The van der Waals surface area contributed by atoms with E-state index in [0.717, 1.165) is 6.54 Å². The Morgan fingerprint density at radius 1 is 1.12 bits per heavy atom. The summed E-state index contributed by atoms with van der Waals surface area (Å²) in [6.07, 6.45) is 0. The number of hydrogen-bond donors (Lipinski definition) is 0. The van der Waals surface area contributed by atoms with Crippen LogP contribution >= 0.6 is 0 Å². The van der Waals surface area contributed by atoms with Gasteiger partial charge in [0.1, 0.15) is 0 Å². The molecule has 0 atom stereocenters. The van der Waals surface area contributed by atoms with Crippen LogP contribution in [0.15, 0.2) is 24.3 Å². The summed E-state index contributed by atoms with van der Waals surface area (Å²) in [4.78, 5) is 4.87. The molecule has 1 saturated heterocycles. The van der Waals surface area contributed by atoms with E-state index in [1.54, 1.807) is 0 Å². The Morgan fingerprint density at radius 2 is 1.76 bits per heavy atom. The number of piperazine rings is 1. The molecule has 0 amide bonds. The van der Waals surface area contributed by atoms with Crippen molar-refractivity contribution in [3.8, 4) is 0 Å². The second-order valence-corrected chi connectivity index (χ2v) is 3.97. The zero-order valence-corrected chi connectivity index (χ0v) is 12.7. The number of likely N-dealkylation sites (N-methyl/N-ethyl adjacent to an activating group) is 1. The zero-order valence-electron chi connectivity index (χ0n) is 11.1. The molecule has 0 saturated carbocycles. The van der Waals surface area contributed by atoms with Gasteiger partial charge in [0.05, 0.1) is 0 Å². The third-order valence-corrected chi connectivity index (χ3v) is 2.76. The van der Waals surface area contributed by atoms with Gasteiger partial charge < -0.3 is 4.90 Å². The molecule has 1 heterocycles. The maximum atomic E-state index is 3.27. The van der Waals surface area contributed by atoms with Crippen LogP contribution in [0.5, 0.6) is 0 Å². The first-order chi connectivity index (χ1) is 7.84. The van der Waals surface area contributed by atoms with Gasteiger partial charge in [0, 0.05) is 52.2 Å². The van der Waals surface area contributed by atoms with E-state index in [-0.39, 0.29) is 19.5 Å². The Hall–Kier alpha value is -0.237. The number of hydrogen-bond acceptors (Lipinski definition) is 2. The van der Waals surface area contributed by atoms with E-state index >= 15 is 0 Å². The van der Waals surface area contributed by atoms with Crippen LogP contribution in [-0.4, -0.2) is 43.0 Å². The molecule has 0 aromatic heterocycles. The Bertz CT molecular complexity index is 269. The summed E-state index contributed by atoms with van der Waals surface area (Å²) in [5, 5.41) is 0. The van der Waals surface area contributed by atoms with Gasteiger partial charge in [0.2, 0.25) is 0 Å². The molecule has 3 heteroatoms. The molecular weight excluding hydrogens is 299 g/mol. The van der Waals surface area contributed by atoms with Gasteiger partial charge in [0.25, 0.3) is 0 Å². The molecule has 1 aromatic carbocycles. The van der Waals surface area contributed by atoms with Crippen molar-refractivity contribution in [1.29, 1.82) is 0 Å². The molecule has 2 nitrogen and oxygen atoms in total. The third-order valence-electron chi connectivity index (χ3n) is 2.76. The quantitative estimate of drug-likeness (QED) is 0.609. The summed E-state index contributed by atoms with van der Waals surface area (Å²) in [5.41, 5.74) is 1.30. The molecule has 1 aliphatic rings. The fourth-order valence-electron chi connectivity index (χ4n) is 1.78. The first-order valence-electron chi connectivity index (χ1n) is 6.21. The first-order valence-corrected chi connectivity index (χ1v) is 6.21. The molecular formula is C14H23N2Rh-. The molecule has 0 spiro atoms. The predicted molar refractivity (Wildman–Crippen MR) is 69.4 cm³/mol. The van der Waals surface area contributed by atoms with E-state index in [1.807, 2.05) is 26.0 Å². The van der Waals surface area contributed by atoms with Crippen LogP contribution in [0.1, 0.15) is 19.4 Å².